The smallest absolute Gasteiger partial charge is 0.334 e. The van der Waals surface area contributed by atoms with E-state index in [1.54, 1.807) is 4.90 Å². The first-order chi connectivity index (χ1) is 10.8. The van der Waals surface area contributed by atoms with E-state index in [4.69, 9.17) is 0 Å². The Bertz CT molecular complexity index is 598. The monoisotopic (exact) mass is 330 g/mol. The van der Waals surface area contributed by atoms with Crippen molar-refractivity contribution in [2.24, 2.45) is 7.05 Å². The fourth-order valence-electron chi connectivity index (χ4n) is 3.88. The van der Waals surface area contributed by atoms with Crippen LogP contribution in [0.15, 0.2) is 6.20 Å². The van der Waals surface area contributed by atoms with Crippen LogP contribution in [-0.2, 0) is 13.2 Å². The predicted molar refractivity (Wildman–Crippen MR) is 77.9 cm³/mol. The van der Waals surface area contributed by atoms with E-state index < -0.39 is 17.8 Å². The molecule has 2 saturated heterocycles. The average Bonchev–Trinajstić information content (AvgIpc) is 3.15. The van der Waals surface area contributed by atoms with Crippen molar-refractivity contribution in [3.8, 4) is 0 Å². The molecule has 3 heterocycles. The highest BCUT2D eigenvalue weighted by atomic mass is 19.4. The SMILES string of the molecule is CN1CCC[C@@H]1[C@H]1CCCN1C(=O)c1cn(C)nc1C(F)(F)F. The molecule has 2 aliphatic rings. The standard InChI is InChI=1S/C15H21F3N4O/c1-20-7-3-5-11(20)12-6-4-8-22(12)14(23)10-9-21(2)19-13(10)15(16,17)18/h9,11-12H,3-8H2,1-2H3/t11-,12-/m1/s1. The number of alkyl halides is 3. The number of aryl methyl sites for hydroxylation is 1. The van der Waals surface area contributed by atoms with E-state index >= 15 is 0 Å². The molecular weight excluding hydrogens is 309 g/mol. The van der Waals surface area contributed by atoms with Gasteiger partial charge >= 0.3 is 6.18 Å². The number of likely N-dealkylation sites (tertiary alicyclic amines) is 2. The van der Waals surface area contributed by atoms with Gasteiger partial charge in [0, 0.05) is 31.9 Å². The van der Waals surface area contributed by atoms with Gasteiger partial charge in [-0.3, -0.25) is 9.48 Å². The van der Waals surface area contributed by atoms with Crippen LogP contribution in [0.1, 0.15) is 41.7 Å². The lowest BCUT2D eigenvalue weighted by Gasteiger charge is -2.33. The molecule has 0 saturated carbocycles. The van der Waals surface area contributed by atoms with E-state index in [2.05, 4.69) is 10.00 Å². The van der Waals surface area contributed by atoms with E-state index in [-0.39, 0.29) is 17.6 Å². The Morgan fingerprint density at radius 1 is 1.17 bits per heavy atom. The summed E-state index contributed by atoms with van der Waals surface area (Å²) < 4.78 is 40.4. The number of hydrogen-bond donors (Lipinski definition) is 0. The molecule has 2 fully saturated rings. The van der Waals surface area contributed by atoms with Crippen LogP contribution < -0.4 is 0 Å². The topological polar surface area (TPSA) is 41.4 Å². The summed E-state index contributed by atoms with van der Waals surface area (Å²) in [5.74, 6) is -0.548. The quantitative estimate of drug-likeness (QED) is 0.834. The highest BCUT2D eigenvalue weighted by Crippen LogP contribution is 2.34. The van der Waals surface area contributed by atoms with Gasteiger partial charge in [-0.05, 0) is 39.3 Å². The molecule has 0 unspecified atom stereocenters. The van der Waals surface area contributed by atoms with E-state index in [1.807, 2.05) is 7.05 Å². The molecule has 1 aromatic rings. The van der Waals surface area contributed by atoms with Crippen LogP contribution in [0, 0.1) is 0 Å². The van der Waals surface area contributed by atoms with Gasteiger partial charge in [0.15, 0.2) is 5.69 Å². The molecule has 0 radical (unpaired) electrons. The lowest BCUT2D eigenvalue weighted by atomic mass is 10.0. The van der Waals surface area contributed by atoms with Gasteiger partial charge in [-0.1, -0.05) is 0 Å². The maximum atomic E-state index is 13.1. The van der Waals surface area contributed by atoms with Gasteiger partial charge in [0.05, 0.1) is 5.56 Å². The van der Waals surface area contributed by atoms with Crippen LogP contribution in [-0.4, -0.2) is 57.7 Å². The second-order valence-electron chi connectivity index (χ2n) is 6.46. The summed E-state index contributed by atoms with van der Waals surface area (Å²) in [4.78, 5) is 16.6. The van der Waals surface area contributed by atoms with Crippen molar-refractivity contribution < 1.29 is 18.0 Å². The summed E-state index contributed by atoms with van der Waals surface area (Å²) in [5, 5.41) is 3.45. The molecule has 128 valence electrons. The van der Waals surface area contributed by atoms with Crippen LogP contribution >= 0.6 is 0 Å². The molecule has 2 aliphatic heterocycles. The van der Waals surface area contributed by atoms with Crippen LogP contribution in [0.4, 0.5) is 13.2 Å². The number of halogens is 3. The third kappa shape index (κ3) is 2.96. The predicted octanol–water partition coefficient (Wildman–Crippen LogP) is 2.14. The number of aromatic nitrogens is 2. The maximum absolute atomic E-state index is 13.1. The Kier molecular flexibility index (Phi) is 4.12. The number of carbonyl (C=O) groups is 1. The van der Waals surface area contributed by atoms with Crippen LogP contribution in [0.5, 0.6) is 0 Å². The largest absolute Gasteiger partial charge is 0.435 e. The second-order valence-corrected chi connectivity index (χ2v) is 6.46. The van der Waals surface area contributed by atoms with Crippen LogP contribution in [0.3, 0.4) is 0 Å². The van der Waals surface area contributed by atoms with Gasteiger partial charge in [-0.25, -0.2) is 0 Å². The summed E-state index contributed by atoms with van der Waals surface area (Å²) in [6.45, 7) is 1.49. The number of carbonyl (C=O) groups excluding carboxylic acids is 1. The number of amides is 1. The average molecular weight is 330 g/mol. The molecule has 2 atom stereocenters. The van der Waals surface area contributed by atoms with E-state index in [1.165, 1.54) is 13.2 Å². The van der Waals surface area contributed by atoms with Gasteiger partial charge < -0.3 is 9.80 Å². The second kappa shape index (κ2) is 5.81. The van der Waals surface area contributed by atoms with E-state index in [0.717, 1.165) is 36.9 Å². The number of likely N-dealkylation sites (N-methyl/N-ethyl adjacent to an activating group) is 1. The Morgan fingerprint density at radius 2 is 1.83 bits per heavy atom. The Labute approximate surface area is 133 Å². The van der Waals surface area contributed by atoms with Gasteiger partial charge in [-0.15, -0.1) is 0 Å². The van der Waals surface area contributed by atoms with Crippen molar-refractivity contribution in [3.05, 3.63) is 17.5 Å². The van der Waals surface area contributed by atoms with Crippen molar-refractivity contribution in [2.75, 3.05) is 20.1 Å². The first-order valence-corrected chi connectivity index (χ1v) is 7.91. The highest BCUT2D eigenvalue weighted by molar-refractivity contribution is 5.95. The van der Waals surface area contributed by atoms with Crippen molar-refractivity contribution >= 4 is 5.91 Å². The van der Waals surface area contributed by atoms with Gasteiger partial charge in [-0.2, -0.15) is 18.3 Å². The van der Waals surface area contributed by atoms with Crippen LogP contribution in [0.25, 0.3) is 0 Å². The number of hydrogen-bond acceptors (Lipinski definition) is 3. The summed E-state index contributed by atoms with van der Waals surface area (Å²) in [6.07, 6.45) is 0.305. The lowest BCUT2D eigenvalue weighted by Crippen LogP contribution is -2.47. The highest BCUT2D eigenvalue weighted by Gasteiger charge is 2.43. The molecule has 3 rings (SSSR count). The zero-order chi connectivity index (χ0) is 16.8. The third-order valence-corrected chi connectivity index (χ3v) is 4.91. The molecule has 5 nitrogen and oxygen atoms in total. The van der Waals surface area contributed by atoms with Crippen LogP contribution in [0.2, 0.25) is 0 Å². The molecule has 8 heteroatoms. The molecule has 0 N–H and O–H groups in total. The van der Waals surface area contributed by atoms with Crippen molar-refractivity contribution in [1.82, 2.24) is 19.6 Å². The first kappa shape index (κ1) is 16.3. The minimum Gasteiger partial charge on any atom is -0.334 e. The molecule has 0 spiro atoms. The normalized spacial score (nSPS) is 26.2. The minimum atomic E-state index is -4.62. The first-order valence-electron chi connectivity index (χ1n) is 7.91. The summed E-state index contributed by atoms with van der Waals surface area (Å²) in [5.41, 5.74) is -1.43. The van der Waals surface area contributed by atoms with Gasteiger partial charge in [0.25, 0.3) is 5.91 Å². The zero-order valence-corrected chi connectivity index (χ0v) is 13.3. The van der Waals surface area contributed by atoms with Crippen molar-refractivity contribution in [1.29, 1.82) is 0 Å². The molecule has 0 bridgehead atoms. The van der Waals surface area contributed by atoms with E-state index in [0.29, 0.717) is 6.54 Å². The Hall–Kier alpha value is -1.57. The third-order valence-electron chi connectivity index (χ3n) is 4.91. The Balaban J connectivity index is 1.88. The van der Waals surface area contributed by atoms with Crippen molar-refractivity contribution in [2.45, 2.75) is 43.9 Å². The molecule has 23 heavy (non-hydrogen) atoms. The zero-order valence-electron chi connectivity index (χ0n) is 13.3. The van der Waals surface area contributed by atoms with Gasteiger partial charge in [0.2, 0.25) is 0 Å². The number of nitrogens with zero attached hydrogens (tertiary/aromatic N) is 4. The molecule has 0 aromatic carbocycles. The summed E-state index contributed by atoms with van der Waals surface area (Å²) in [7, 11) is 3.42. The summed E-state index contributed by atoms with van der Waals surface area (Å²) in [6, 6.07) is 0.240. The molecule has 1 amide bonds. The maximum Gasteiger partial charge on any atom is 0.435 e. The van der Waals surface area contributed by atoms with Crippen molar-refractivity contribution in [3.63, 3.8) is 0 Å². The van der Waals surface area contributed by atoms with Gasteiger partial charge in [0.1, 0.15) is 0 Å². The fourth-order valence-corrected chi connectivity index (χ4v) is 3.88. The Morgan fingerprint density at radius 3 is 2.43 bits per heavy atom. The lowest BCUT2D eigenvalue weighted by molar-refractivity contribution is -0.141. The molecule has 0 aliphatic carbocycles. The minimum absolute atomic E-state index is 0.00344. The number of rotatable bonds is 2. The fraction of sp³-hybridized carbons (Fsp3) is 0.733. The van der Waals surface area contributed by atoms with E-state index in [9.17, 15) is 18.0 Å². The summed E-state index contributed by atoms with van der Waals surface area (Å²) >= 11 is 0. The molecule has 1 aromatic heterocycles. The molecular formula is C15H21F3N4O.